The summed E-state index contributed by atoms with van der Waals surface area (Å²) < 4.78 is 6.23. The predicted molar refractivity (Wildman–Crippen MR) is 121 cm³/mol. The van der Waals surface area contributed by atoms with Gasteiger partial charge in [0.2, 0.25) is 0 Å². The van der Waals surface area contributed by atoms with Crippen LogP contribution >= 0.6 is 0 Å². The molecule has 0 N–H and O–H groups in total. The van der Waals surface area contributed by atoms with Gasteiger partial charge in [-0.2, -0.15) is 0 Å². The molecule has 158 valence electrons. The van der Waals surface area contributed by atoms with Gasteiger partial charge in [0.1, 0.15) is 6.10 Å². The zero-order valence-corrected chi connectivity index (χ0v) is 18.6. The first kappa shape index (κ1) is 21.8. The number of rotatable bonds is 8. The topological polar surface area (TPSA) is 29.5 Å². The molecule has 0 amide bonds. The van der Waals surface area contributed by atoms with Gasteiger partial charge in [0.05, 0.1) is 5.41 Å². The number of fused-ring (bicyclic) bond motifs is 1. The minimum atomic E-state index is -0.617. The van der Waals surface area contributed by atoms with Crippen molar-refractivity contribution in [3.63, 3.8) is 0 Å². The van der Waals surface area contributed by atoms with Gasteiger partial charge >= 0.3 is 5.97 Å². The quantitative estimate of drug-likeness (QED) is 0.517. The second kappa shape index (κ2) is 9.75. The van der Waals surface area contributed by atoms with Gasteiger partial charge in [0.15, 0.2) is 0 Å². The van der Waals surface area contributed by atoms with Crippen LogP contribution in [0.15, 0.2) is 42.5 Å². The molecule has 1 fully saturated rings. The van der Waals surface area contributed by atoms with E-state index in [0.717, 1.165) is 37.8 Å². The van der Waals surface area contributed by atoms with Crippen molar-refractivity contribution in [3.05, 3.63) is 48.0 Å². The smallest absolute Gasteiger partial charge is 0.317 e. The first-order valence-electron chi connectivity index (χ1n) is 11.3. The average Bonchev–Trinajstić information content (AvgIpc) is 2.71. The maximum atomic E-state index is 13.9. The predicted octanol–water partition coefficient (Wildman–Crippen LogP) is 5.95. The second-order valence-corrected chi connectivity index (χ2v) is 9.22. The van der Waals surface area contributed by atoms with Crippen molar-refractivity contribution in [1.29, 1.82) is 0 Å². The molecule has 3 heteroatoms. The fourth-order valence-electron chi connectivity index (χ4n) is 4.91. The van der Waals surface area contributed by atoms with Crippen LogP contribution in [0, 0.1) is 5.92 Å². The number of nitrogens with zero attached hydrogens (tertiary/aromatic N) is 1. The van der Waals surface area contributed by atoms with Crippen LogP contribution in [0.2, 0.25) is 0 Å². The van der Waals surface area contributed by atoms with Crippen molar-refractivity contribution >= 4 is 16.7 Å². The first-order chi connectivity index (χ1) is 13.9. The maximum Gasteiger partial charge on any atom is 0.317 e. The molecule has 0 spiro atoms. The fourth-order valence-corrected chi connectivity index (χ4v) is 4.91. The molecular weight excluding hydrogens is 358 g/mol. The van der Waals surface area contributed by atoms with E-state index in [1.54, 1.807) is 0 Å². The van der Waals surface area contributed by atoms with Gasteiger partial charge < -0.3 is 9.64 Å². The van der Waals surface area contributed by atoms with E-state index >= 15 is 0 Å². The number of esters is 1. The Morgan fingerprint density at radius 3 is 2.45 bits per heavy atom. The molecule has 0 radical (unpaired) electrons. The number of benzene rings is 2. The first-order valence-corrected chi connectivity index (χ1v) is 11.3. The van der Waals surface area contributed by atoms with Crippen molar-refractivity contribution in [2.24, 2.45) is 5.92 Å². The second-order valence-electron chi connectivity index (χ2n) is 9.22. The fraction of sp³-hybridized carbons (Fsp3) is 0.577. The Bertz CT molecular complexity index is 802. The number of carbonyl (C=O) groups is 1. The molecule has 1 aliphatic carbocycles. The Kier molecular flexibility index (Phi) is 7.34. The summed E-state index contributed by atoms with van der Waals surface area (Å²) in [5.74, 6) is 0.140. The third-order valence-corrected chi connectivity index (χ3v) is 6.62. The lowest BCUT2D eigenvalue weighted by Gasteiger charge is -2.38. The number of carbonyl (C=O) groups excluding carboxylic acids is 1. The summed E-state index contributed by atoms with van der Waals surface area (Å²) in [6.45, 7) is 5.33. The molecule has 2 aromatic carbocycles. The van der Waals surface area contributed by atoms with Crippen LogP contribution in [0.4, 0.5) is 0 Å². The van der Waals surface area contributed by atoms with Crippen molar-refractivity contribution in [2.75, 3.05) is 20.6 Å². The third-order valence-electron chi connectivity index (χ3n) is 6.62. The standard InChI is InChI=1S/C26H37NO2/c1-20(2)26(18-11-19-27(3)4,25(28)29-22-14-6-5-7-15-22)24-17-10-13-21-12-8-9-16-23(21)24/h8-10,12-13,16-17,20,22H,5-7,11,14-15,18-19H2,1-4H3. The van der Waals surface area contributed by atoms with Gasteiger partial charge in [0, 0.05) is 0 Å². The summed E-state index contributed by atoms with van der Waals surface area (Å²) in [7, 11) is 4.19. The largest absolute Gasteiger partial charge is 0.462 e. The summed E-state index contributed by atoms with van der Waals surface area (Å²) in [5.41, 5.74) is 0.513. The number of hydrogen-bond acceptors (Lipinski definition) is 3. The van der Waals surface area contributed by atoms with E-state index in [9.17, 15) is 4.79 Å². The zero-order valence-electron chi connectivity index (χ0n) is 18.6. The summed E-state index contributed by atoms with van der Waals surface area (Å²) in [5, 5.41) is 2.36. The highest BCUT2D eigenvalue weighted by Gasteiger charge is 2.46. The van der Waals surface area contributed by atoms with Crippen LogP contribution in [0.5, 0.6) is 0 Å². The summed E-state index contributed by atoms with van der Waals surface area (Å²) in [6, 6.07) is 14.8. The molecule has 3 rings (SSSR count). The van der Waals surface area contributed by atoms with E-state index < -0.39 is 5.41 Å². The number of hydrogen-bond donors (Lipinski definition) is 0. The maximum absolute atomic E-state index is 13.9. The van der Waals surface area contributed by atoms with Gasteiger partial charge in [-0.05, 0) is 81.4 Å². The molecule has 1 aliphatic rings. The minimum absolute atomic E-state index is 0.0190. The third kappa shape index (κ3) is 4.83. The molecule has 0 aliphatic heterocycles. The van der Waals surface area contributed by atoms with E-state index in [-0.39, 0.29) is 18.0 Å². The SMILES string of the molecule is CC(C)C(CCCN(C)C)(C(=O)OC1CCCCC1)c1cccc2ccccc12. The molecule has 1 saturated carbocycles. The molecule has 0 saturated heterocycles. The van der Waals surface area contributed by atoms with E-state index in [1.807, 2.05) is 0 Å². The molecule has 1 unspecified atom stereocenters. The van der Waals surface area contributed by atoms with Gasteiger partial charge in [-0.25, -0.2) is 0 Å². The van der Waals surface area contributed by atoms with Crippen molar-refractivity contribution in [1.82, 2.24) is 4.90 Å². The Balaban J connectivity index is 2.04. The summed E-state index contributed by atoms with van der Waals surface area (Å²) >= 11 is 0. The van der Waals surface area contributed by atoms with Crippen molar-refractivity contribution in [2.45, 2.75) is 70.3 Å². The Morgan fingerprint density at radius 2 is 1.76 bits per heavy atom. The van der Waals surface area contributed by atoms with E-state index in [0.29, 0.717) is 0 Å². The summed E-state index contributed by atoms with van der Waals surface area (Å²) in [4.78, 5) is 16.1. The van der Waals surface area contributed by atoms with Crippen LogP contribution < -0.4 is 0 Å². The van der Waals surface area contributed by atoms with Gasteiger partial charge in [0.25, 0.3) is 0 Å². The molecular formula is C26H37NO2. The molecule has 2 aromatic rings. The highest BCUT2D eigenvalue weighted by molar-refractivity contribution is 5.94. The molecule has 29 heavy (non-hydrogen) atoms. The Morgan fingerprint density at radius 1 is 1.07 bits per heavy atom. The molecule has 3 nitrogen and oxygen atoms in total. The van der Waals surface area contributed by atoms with Gasteiger partial charge in [-0.15, -0.1) is 0 Å². The monoisotopic (exact) mass is 395 g/mol. The average molecular weight is 396 g/mol. The van der Waals surface area contributed by atoms with E-state index in [4.69, 9.17) is 4.74 Å². The zero-order chi connectivity index (χ0) is 20.9. The lowest BCUT2D eigenvalue weighted by molar-refractivity contribution is -0.160. The lowest BCUT2D eigenvalue weighted by atomic mass is 9.67. The van der Waals surface area contributed by atoms with Crippen LogP contribution in [0.25, 0.3) is 10.8 Å². The van der Waals surface area contributed by atoms with Crippen molar-refractivity contribution in [3.8, 4) is 0 Å². The Labute approximate surface area is 176 Å². The molecule has 1 atom stereocenters. The van der Waals surface area contributed by atoms with E-state index in [2.05, 4.69) is 75.3 Å². The van der Waals surface area contributed by atoms with Gasteiger partial charge in [-0.3, -0.25) is 4.79 Å². The number of ether oxygens (including phenoxy) is 1. The molecule has 0 aromatic heterocycles. The highest BCUT2D eigenvalue weighted by Crippen LogP contribution is 2.42. The van der Waals surface area contributed by atoms with Crippen LogP contribution in [0.1, 0.15) is 64.4 Å². The van der Waals surface area contributed by atoms with E-state index in [1.165, 1.54) is 30.0 Å². The van der Waals surface area contributed by atoms with Crippen molar-refractivity contribution < 1.29 is 9.53 Å². The molecule has 0 bridgehead atoms. The van der Waals surface area contributed by atoms with Crippen LogP contribution in [-0.4, -0.2) is 37.6 Å². The highest BCUT2D eigenvalue weighted by atomic mass is 16.5. The summed E-state index contributed by atoms with van der Waals surface area (Å²) in [6.07, 6.45) is 7.47. The normalized spacial score (nSPS) is 17.6. The lowest BCUT2D eigenvalue weighted by Crippen LogP contribution is -2.44. The van der Waals surface area contributed by atoms with Gasteiger partial charge in [-0.1, -0.05) is 62.7 Å². The van der Waals surface area contributed by atoms with Crippen LogP contribution in [-0.2, 0) is 14.9 Å². The Hall–Kier alpha value is -1.87. The minimum Gasteiger partial charge on any atom is -0.462 e. The van der Waals surface area contributed by atoms with Crippen LogP contribution in [0.3, 0.4) is 0 Å². The molecule has 0 heterocycles.